The van der Waals surface area contributed by atoms with Crippen molar-refractivity contribution in [1.29, 1.82) is 0 Å². The van der Waals surface area contributed by atoms with E-state index in [0.29, 0.717) is 25.3 Å². The first kappa shape index (κ1) is 19.2. The molecular formula is C22H23N3O4. The number of hydrogen-bond acceptors (Lipinski definition) is 5. The van der Waals surface area contributed by atoms with Crippen molar-refractivity contribution in [3.8, 4) is 17.0 Å². The highest BCUT2D eigenvalue weighted by atomic mass is 16.5. The van der Waals surface area contributed by atoms with Crippen LogP contribution in [0.1, 0.15) is 27.8 Å². The molecule has 1 aliphatic heterocycles. The van der Waals surface area contributed by atoms with Gasteiger partial charge in [-0.2, -0.15) is 0 Å². The van der Waals surface area contributed by atoms with Crippen molar-refractivity contribution in [2.45, 2.75) is 12.6 Å². The fourth-order valence-corrected chi connectivity index (χ4v) is 3.49. The number of carboxylic acids is 1. The minimum absolute atomic E-state index is 0.00917. The average molecular weight is 393 g/mol. The van der Waals surface area contributed by atoms with Gasteiger partial charge in [0.2, 0.25) is 0 Å². The molecule has 2 aromatic carbocycles. The van der Waals surface area contributed by atoms with Gasteiger partial charge in [0.1, 0.15) is 11.6 Å². The van der Waals surface area contributed by atoms with Gasteiger partial charge in [0.05, 0.1) is 43.8 Å². The zero-order chi connectivity index (χ0) is 20.2. The van der Waals surface area contributed by atoms with Crippen LogP contribution in [0.15, 0.2) is 54.7 Å². The van der Waals surface area contributed by atoms with Crippen LogP contribution in [0.4, 0.5) is 0 Å². The summed E-state index contributed by atoms with van der Waals surface area (Å²) in [5, 5.41) is 9.07. The van der Waals surface area contributed by atoms with Gasteiger partial charge in [-0.3, -0.25) is 4.90 Å². The Bertz CT molecular complexity index is 966. The van der Waals surface area contributed by atoms with E-state index in [4.69, 9.17) is 14.6 Å². The average Bonchev–Trinajstić information content (AvgIpc) is 3.25. The second kappa shape index (κ2) is 8.46. The largest absolute Gasteiger partial charge is 0.497 e. The number of nitrogens with zero attached hydrogens (tertiary/aromatic N) is 2. The number of ether oxygens (including phenoxy) is 2. The summed E-state index contributed by atoms with van der Waals surface area (Å²) in [5.74, 6) is 0.759. The smallest absolute Gasteiger partial charge is 0.335 e. The minimum Gasteiger partial charge on any atom is -0.497 e. The molecular weight excluding hydrogens is 370 g/mol. The van der Waals surface area contributed by atoms with Crippen LogP contribution in [0.5, 0.6) is 5.75 Å². The van der Waals surface area contributed by atoms with Gasteiger partial charge in [0.15, 0.2) is 0 Å². The number of benzene rings is 2. The molecule has 0 spiro atoms. The third-order valence-electron chi connectivity index (χ3n) is 5.14. The number of carboxylic acid groups (broad SMARTS) is 1. The van der Waals surface area contributed by atoms with Crippen LogP contribution in [0, 0.1) is 0 Å². The van der Waals surface area contributed by atoms with Crippen molar-refractivity contribution in [2.75, 3.05) is 26.9 Å². The van der Waals surface area contributed by atoms with Gasteiger partial charge in [-0.15, -0.1) is 0 Å². The Morgan fingerprint density at radius 2 is 2.00 bits per heavy atom. The first-order valence-electron chi connectivity index (χ1n) is 9.47. The molecule has 3 aromatic rings. The van der Waals surface area contributed by atoms with E-state index in [1.807, 2.05) is 42.6 Å². The van der Waals surface area contributed by atoms with Crippen molar-refractivity contribution >= 4 is 5.97 Å². The Morgan fingerprint density at radius 3 is 2.69 bits per heavy atom. The highest BCUT2D eigenvalue weighted by Gasteiger charge is 2.27. The summed E-state index contributed by atoms with van der Waals surface area (Å²) in [4.78, 5) is 21.4. The lowest BCUT2D eigenvalue weighted by Gasteiger charge is -2.34. The molecule has 0 saturated carbocycles. The van der Waals surface area contributed by atoms with Gasteiger partial charge >= 0.3 is 5.97 Å². The molecule has 150 valence electrons. The molecule has 7 heteroatoms. The van der Waals surface area contributed by atoms with E-state index in [2.05, 4.69) is 14.9 Å². The topological polar surface area (TPSA) is 87.7 Å². The number of aromatic nitrogens is 2. The molecule has 7 nitrogen and oxygen atoms in total. The molecule has 0 aliphatic carbocycles. The number of H-pyrrole nitrogens is 1. The molecule has 1 atom stereocenters. The number of morpholine rings is 1. The first-order chi connectivity index (χ1) is 14.1. The van der Waals surface area contributed by atoms with E-state index in [0.717, 1.165) is 34.9 Å². The number of aromatic amines is 1. The Hall–Kier alpha value is -3.16. The maximum Gasteiger partial charge on any atom is 0.335 e. The van der Waals surface area contributed by atoms with E-state index >= 15 is 0 Å². The standard InChI is InChI=1S/C22H23N3O4/c1-28-18-8-6-16(7-9-18)19-12-23-21(24-19)20-14-29-11-10-25(20)13-15-2-4-17(5-3-15)22(26)27/h2-9,12,20H,10-11,13-14H2,1H3,(H,23,24)(H,26,27)/t20-/m0/s1. The lowest BCUT2D eigenvalue weighted by Crippen LogP contribution is -2.39. The van der Waals surface area contributed by atoms with Gasteiger partial charge in [-0.1, -0.05) is 12.1 Å². The van der Waals surface area contributed by atoms with Crippen LogP contribution in [0.2, 0.25) is 0 Å². The second-order valence-corrected chi connectivity index (χ2v) is 6.97. The molecule has 1 saturated heterocycles. The Labute approximate surface area is 168 Å². The fraction of sp³-hybridized carbons (Fsp3) is 0.273. The fourth-order valence-electron chi connectivity index (χ4n) is 3.49. The summed E-state index contributed by atoms with van der Waals surface area (Å²) in [7, 11) is 1.65. The summed E-state index contributed by atoms with van der Waals surface area (Å²) in [6.07, 6.45) is 1.84. The molecule has 4 rings (SSSR count). The van der Waals surface area contributed by atoms with E-state index in [9.17, 15) is 4.79 Å². The van der Waals surface area contributed by atoms with Gasteiger partial charge in [-0.25, -0.2) is 9.78 Å². The second-order valence-electron chi connectivity index (χ2n) is 6.97. The van der Waals surface area contributed by atoms with Crippen molar-refractivity contribution in [1.82, 2.24) is 14.9 Å². The molecule has 1 fully saturated rings. The van der Waals surface area contributed by atoms with Crippen molar-refractivity contribution in [2.24, 2.45) is 0 Å². The number of imidazole rings is 1. The highest BCUT2D eigenvalue weighted by molar-refractivity contribution is 5.87. The molecule has 2 N–H and O–H groups in total. The summed E-state index contributed by atoms with van der Waals surface area (Å²) in [6, 6.07) is 14.9. The molecule has 29 heavy (non-hydrogen) atoms. The normalized spacial score (nSPS) is 17.2. The number of aromatic carboxylic acids is 1. The van der Waals surface area contributed by atoms with Crippen LogP contribution < -0.4 is 4.74 Å². The zero-order valence-electron chi connectivity index (χ0n) is 16.2. The molecule has 0 radical (unpaired) electrons. The number of nitrogens with one attached hydrogen (secondary N) is 1. The molecule has 0 bridgehead atoms. The monoisotopic (exact) mass is 393 g/mol. The van der Waals surface area contributed by atoms with Crippen molar-refractivity contribution in [3.63, 3.8) is 0 Å². The molecule has 2 heterocycles. The van der Waals surface area contributed by atoms with Gasteiger partial charge < -0.3 is 19.6 Å². The Balaban J connectivity index is 1.51. The Kier molecular flexibility index (Phi) is 5.59. The van der Waals surface area contributed by atoms with Gasteiger partial charge in [-0.05, 0) is 47.5 Å². The molecule has 0 amide bonds. The third-order valence-corrected chi connectivity index (χ3v) is 5.14. The number of carbonyl (C=O) groups is 1. The zero-order valence-corrected chi connectivity index (χ0v) is 16.2. The summed E-state index contributed by atoms with van der Waals surface area (Å²) < 4.78 is 10.9. The van der Waals surface area contributed by atoms with Gasteiger partial charge in [0, 0.05) is 13.1 Å². The maximum absolute atomic E-state index is 11.0. The van der Waals surface area contributed by atoms with Crippen LogP contribution in [-0.4, -0.2) is 52.8 Å². The number of rotatable bonds is 6. The van der Waals surface area contributed by atoms with Gasteiger partial charge in [0.25, 0.3) is 0 Å². The first-order valence-corrected chi connectivity index (χ1v) is 9.47. The summed E-state index contributed by atoms with van der Waals surface area (Å²) in [6.45, 7) is 2.70. The van der Waals surface area contributed by atoms with E-state index in [1.165, 1.54) is 0 Å². The minimum atomic E-state index is -0.914. The van der Waals surface area contributed by atoms with Crippen LogP contribution in [-0.2, 0) is 11.3 Å². The third kappa shape index (κ3) is 4.31. The molecule has 1 aliphatic rings. The highest BCUT2D eigenvalue weighted by Crippen LogP contribution is 2.27. The van der Waals surface area contributed by atoms with E-state index < -0.39 is 5.97 Å². The Morgan fingerprint density at radius 1 is 1.24 bits per heavy atom. The van der Waals surface area contributed by atoms with Crippen molar-refractivity contribution < 1.29 is 19.4 Å². The summed E-state index contributed by atoms with van der Waals surface area (Å²) >= 11 is 0. The van der Waals surface area contributed by atoms with Crippen LogP contribution in [0.25, 0.3) is 11.3 Å². The lowest BCUT2D eigenvalue weighted by molar-refractivity contribution is -0.0156. The lowest BCUT2D eigenvalue weighted by atomic mass is 10.1. The SMILES string of the molecule is COc1ccc(-c2cnc([C@@H]3COCCN3Cc3ccc(C(=O)O)cc3)[nH]2)cc1. The predicted molar refractivity (Wildman–Crippen MR) is 108 cm³/mol. The number of methoxy groups -OCH3 is 1. The van der Waals surface area contributed by atoms with E-state index in [1.54, 1.807) is 19.2 Å². The van der Waals surface area contributed by atoms with E-state index in [-0.39, 0.29) is 6.04 Å². The maximum atomic E-state index is 11.0. The quantitative estimate of drug-likeness (QED) is 0.668. The molecule has 1 aromatic heterocycles. The predicted octanol–water partition coefficient (Wildman–Crippen LogP) is 3.36. The number of hydrogen-bond donors (Lipinski definition) is 2. The molecule has 0 unspecified atom stereocenters. The summed E-state index contributed by atoms with van der Waals surface area (Å²) in [5.41, 5.74) is 3.34. The van der Waals surface area contributed by atoms with Crippen LogP contribution in [0.3, 0.4) is 0 Å². The van der Waals surface area contributed by atoms with Crippen molar-refractivity contribution in [3.05, 3.63) is 71.7 Å². The van der Waals surface area contributed by atoms with Crippen LogP contribution >= 0.6 is 0 Å².